The van der Waals surface area contributed by atoms with Crippen molar-refractivity contribution in [2.75, 3.05) is 19.0 Å². The van der Waals surface area contributed by atoms with Crippen LogP contribution in [0.25, 0.3) is 16.9 Å². The molecule has 0 aliphatic heterocycles. The Morgan fingerprint density at radius 3 is 2.67 bits per heavy atom. The van der Waals surface area contributed by atoms with Crippen LogP contribution in [0.2, 0.25) is 0 Å². The Labute approximate surface area is 208 Å². The predicted molar refractivity (Wildman–Crippen MR) is 136 cm³/mol. The van der Waals surface area contributed by atoms with Gasteiger partial charge < -0.3 is 15.4 Å². The highest BCUT2D eigenvalue weighted by atomic mass is 19.2. The minimum atomic E-state index is -1.06. The Bertz CT molecular complexity index is 1390. The van der Waals surface area contributed by atoms with Crippen LogP contribution in [0.5, 0.6) is 5.75 Å². The molecule has 1 amide bonds. The van der Waals surface area contributed by atoms with Crippen molar-refractivity contribution in [2.24, 2.45) is 0 Å². The van der Waals surface area contributed by atoms with E-state index >= 15 is 0 Å². The number of unbranched alkanes of at least 4 members (excludes halogenated alkanes) is 2. The van der Waals surface area contributed by atoms with Gasteiger partial charge in [-0.25, -0.2) is 14.4 Å². The van der Waals surface area contributed by atoms with Gasteiger partial charge in [0.1, 0.15) is 0 Å². The van der Waals surface area contributed by atoms with Crippen LogP contribution in [-0.4, -0.2) is 33.9 Å². The number of anilines is 2. The van der Waals surface area contributed by atoms with Crippen LogP contribution in [0.3, 0.4) is 0 Å². The zero-order valence-electron chi connectivity index (χ0n) is 20.6. The van der Waals surface area contributed by atoms with E-state index in [1.54, 1.807) is 22.9 Å². The van der Waals surface area contributed by atoms with Crippen LogP contribution in [-0.2, 0) is 6.42 Å². The number of nitrogens with zero attached hydrogens (tertiary/aromatic N) is 3. The molecule has 0 atom stereocenters. The van der Waals surface area contributed by atoms with Gasteiger partial charge >= 0.3 is 0 Å². The van der Waals surface area contributed by atoms with E-state index in [0.717, 1.165) is 30.5 Å². The Kier molecular flexibility index (Phi) is 7.77. The normalized spacial score (nSPS) is 11.0. The van der Waals surface area contributed by atoms with E-state index in [2.05, 4.69) is 27.5 Å². The number of fused-ring (bicyclic) bond motifs is 1. The summed E-state index contributed by atoms with van der Waals surface area (Å²) in [5, 5.41) is 6.23. The van der Waals surface area contributed by atoms with Crippen LogP contribution in [0.1, 0.15) is 49.0 Å². The average Bonchev–Trinajstić information content (AvgIpc) is 3.33. The lowest BCUT2D eigenvalue weighted by molar-refractivity contribution is 0.0952. The Morgan fingerprint density at radius 1 is 1.08 bits per heavy atom. The Morgan fingerprint density at radius 2 is 1.92 bits per heavy atom. The number of aryl methyl sites for hydroxylation is 1. The third-order valence-corrected chi connectivity index (χ3v) is 6.03. The molecule has 2 aromatic carbocycles. The van der Waals surface area contributed by atoms with Crippen LogP contribution >= 0.6 is 0 Å². The quantitative estimate of drug-likeness (QED) is 0.269. The van der Waals surface area contributed by atoms with Crippen molar-refractivity contribution in [3.05, 3.63) is 71.7 Å². The highest BCUT2D eigenvalue weighted by Crippen LogP contribution is 2.31. The van der Waals surface area contributed by atoms with Gasteiger partial charge in [-0.15, -0.1) is 0 Å². The van der Waals surface area contributed by atoms with E-state index in [4.69, 9.17) is 4.74 Å². The zero-order chi connectivity index (χ0) is 25.7. The van der Waals surface area contributed by atoms with E-state index in [1.165, 1.54) is 25.4 Å². The minimum absolute atomic E-state index is 0.0560. The number of imidazole rings is 1. The van der Waals surface area contributed by atoms with E-state index < -0.39 is 11.6 Å². The number of aromatic nitrogens is 3. The van der Waals surface area contributed by atoms with Gasteiger partial charge in [-0.05, 0) is 48.7 Å². The number of carbonyl (C=O) groups excluding carboxylic acids is 1. The van der Waals surface area contributed by atoms with Crippen LogP contribution in [0.4, 0.5) is 20.3 Å². The smallest absolute Gasteiger partial charge is 0.251 e. The Balaban J connectivity index is 1.61. The third kappa shape index (κ3) is 5.00. The van der Waals surface area contributed by atoms with E-state index in [0.29, 0.717) is 35.7 Å². The van der Waals surface area contributed by atoms with Crippen molar-refractivity contribution in [1.29, 1.82) is 0 Å². The zero-order valence-corrected chi connectivity index (χ0v) is 20.6. The predicted octanol–water partition coefficient (Wildman–Crippen LogP) is 5.91. The fourth-order valence-corrected chi connectivity index (χ4v) is 4.09. The summed E-state index contributed by atoms with van der Waals surface area (Å²) in [6.45, 7) is 4.78. The summed E-state index contributed by atoms with van der Waals surface area (Å²) in [7, 11) is 1.28. The molecular formula is C27H29F2N5O2. The van der Waals surface area contributed by atoms with Crippen molar-refractivity contribution in [1.82, 2.24) is 19.7 Å². The summed E-state index contributed by atoms with van der Waals surface area (Å²) in [4.78, 5) is 21.4. The number of hydrogen-bond donors (Lipinski definition) is 2. The van der Waals surface area contributed by atoms with Gasteiger partial charge in [-0.1, -0.05) is 26.7 Å². The Hall–Kier alpha value is -4.01. The standard InChI is InChI=1S/C27H29F2N5O2/c1-4-6-7-12-31-27(35)19-9-8-18(15-17(19)5-2)33-25-26-32-16-21(34(26)14-13-30-25)20-10-11-22(36-3)24(29)23(20)28/h8-11,13-16H,4-7,12H2,1-3H3,(H,30,33)(H,31,35). The molecule has 2 N–H and O–H groups in total. The minimum Gasteiger partial charge on any atom is -0.494 e. The summed E-state index contributed by atoms with van der Waals surface area (Å²) >= 11 is 0. The highest BCUT2D eigenvalue weighted by molar-refractivity contribution is 5.96. The summed E-state index contributed by atoms with van der Waals surface area (Å²) < 4.78 is 35.5. The lowest BCUT2D eigenvalue weighted by Gasteiger charge is -2.13. The fraction of sp³-hybridized carbons (Fsp3) is 0.296. The van der Waals surface area contributed by atoms with Crippen LogP contribution in [0, 0.1) is 11.6 Å². The summed E-state index contributed by atoms with van der Waals surface area (Å²) in [6, 6.07) is 8.35. The summed E-state index contributed by atoms with van der Waals surface area (Å²) in [5.74, 6) is -1.88. The molecule has 0 unspecified atom stereocenters. The number of benzene rings is 2. The van der Waals surface area contributed by atoms with Crippen molar-refractivity contribution in [2.45, 2.75) is 39.5 Å². The number of amides is 1. The van der Waals surface area contributed by atoms with E-state index in [9.17, 15) is 13.6 Å². The molecule has 2 heterocycles. The first-order valence-electron chi connectivity index (χ1n) is 12.0. The third-order valence-electron chi connectivity index (χ3n) is 6.03. The molecule has 4 rings (SSSR count). The first-order valence-corrected chi connectivity index (χ1v) is 12.0. The van der Waals surface area contributed by atoms with Crippen molar-refractivity contribution >= 4 is 23.1 Å². The molecular weight excluding hydrogens is 464 g/mol. The SMILES string of the molecule is CCCCCNC(=O)c1ccc(Nc2nccn3c(-c4ccc(OC)c(F)c4F)cnc23)cc1CC. The van der Waals surface area contributed by atoms with Crippen LogP contribution in [0.15, 0.2) is 48.9 Å². The average molecular weight is 494 g/mol. The van der Waals surface area contributed by atoms with Gasteiger partial charge in [0.2, 0.25) is 5.82 Å². The number of rotatable bonds is 10. The van der Waals surface area contributed by atoms with Crippen molar-refractivity contribution in [3.63, 3.8) is 0 Å². The molecule has 0 aliphatic carbocycles. The molecule has 0 bridgehead atoms. The van der Waals surface area contributed by atoms with Gasteiger partial charge in [-0.2, -0.15) is 4.39 Å². The first-order chi connectivity index (χ1) is 17.5. The first kappa shape index (κ1) is 25.1. The maximum atomic E-state index is 14.7. The lowest BCUT2D eigenvalue weighted by Crippen LogP contribution is -2.25. The van der Waals surface area contributed by atoms with Gasteiger partial charge in [-0.3, -0.25) is 9.20 Å². The second kappa shape index (κ2) is 11.2. The molecule has 0 saturated heterocycles. The number of carbonyl (C=O) groups is 1. The molecule has 0 fully saturated rings. The lowest BCUT2D eigenvalue weighted by atomic mass is 10.0. The van der Waals surface area contributed by atoms with Gasteiger partial charge in [0, 0.05) is 35.8 Å². The fourth-order valence-electron chi connectivity index (χ4n) is 4.09. The van der Waals surface area contributed by atoms with Gasteiger partial charge in [0.25, 0.3) is 5.91 Å². The maximum Gasteiger partial charge on any atom is 0.251 e. The highest BCUT2D eigenvalue weighted by Gasteiger charge is 2.19. The molecule has 0 radical (unpaired) electrons. The number of halogens is 2. The van der Waals surface area contributed by atoms with E-state index in [1.807, 2.05) is 19.1 Å². The maximum absolute atomic E-state index is 14.7. The van der Waals surface area contributed by atoms with Crippen LogP contribution < -0.4 is 15.4 Å². The van der Waals surface area contributed by atoms with Crippen molar-refractivity contribution in [3.8, 4) is 17.0 Å². The molecule has 36 heavy (non-hydrogen) atoms. The summed E-state index contributed by atoms with van der Waals surface area (Å²) in [6.07, 6.45) is 8.47. The molecule has 2 aromatic heterocycles. The number of nitrogens with one attached hydrogen (secondary N) is 2. The number of hydrogen-bond acceptors (Lipinski definition) is 5. The van der Waals surface area contributed by atoms with E-state index in [-0.39, 0.29) is 17.2 Å². The van der Waals surface area contributed by atoms with Crippen molar-refractivity contribution < 1.29 is 18.3 Å². The second-order valence-electron chi connectivity index (χ2n) is 8.37. The molecule has 9 heteroatoms. The monoisotopic (exact) mass is 493 g/mol. The molecule has 0 aliphatic rings. The molecule has 7 nitrogen and oxygen atoms in total. The second-order valence-corrected chi connectivity index (χ2v) is 8.37. The molecule has 188 valence electrons. The van der Waals surface area contributed by atoms with Gasteiger partial charge in [0.15, 0.2) is 23.0 Å². The topological polar surface area (TPSA) is 80.6 Å². The largest absolute Gasteiger partial charge is 0.494 e. The molecule has 0 saturated carbocycles. The summed E-state index contributed by atoms with van der Waals surface area (Å²) in [5.41, 5.74) is 3.16. The molecule has 4 aromatic rings. The number of ether oxygens (including phenoxy) is 1. The number of methoxy groups -OCH3 is 1. The van der Waals surface area contributed by atoms with Gasteiger partial charge in [0.05, 0.1) is 19.0 Å². The molecule has 0 spiro atoms.